The summed E-state index contributed by atoms with van der Waals surface area (Å²) in [7, 11) is -3.65. The highest BCUT2D eigenvalue weighted by molar-refractivity contribution is 7.89. The van der Waals surface area contributed by atoms with Gasteiger partial charge in [-0.05, 0) is 44.4 Å². The Balaban J connectivity index is 2.03. The maximum Gasteiger partial charge on any atom is 0.251 e. The monoisotopic (exact) mass is 354 g/mol. The molecule has 1 fully saturated rings. The molecule has 0 radical (unpaired) electrons. The molecule has 1 aliphatic rings. The summed E-state index contributed by atoms with van der Waals surface area (Å²) in [6, 6.07) is 6.16. The van der Waals surface area contributed by atoms with E-state index in [4.69, 9.17) is 4.74 Å². The van der Waals surface area contributed by atoms with Crippen molar-refractivity contribution in [1.82, 2.24) is 10.0 Å². The normalized spacial score (nSPS) is 19.2. The van der Waals surface area contributed by atoms with E-state index in [1.807, 2.05) is 6.92 Å². The van der Waals surface area contributed by atoms with Crippen LogP contribution in [0.2, 0.25) is 0 Å². The molecule has 6 nitrogen and oxygen atoms in total. The number of sulfonamides is 1. The van der Waals surface area contributed by atoms with Crippen LogP contribution in [0.4, 0.5) is 0 Å². The van der Waals surface area contributed by atoms with E-state index in [0.717, 1.165) is 25.7 Å². The van der Waals surface area contributed by atoms with Crippen molar-refractivity contribution >= 4 is 15.9 Å². The Kier molecular flexibility index (Phi) is 6.77. The van der Waals surface area contributed by atoms with Gasteiger partial charge in [-0.2, -0.15) is 0 Å². The third-order valence-electron chi connectivity index (χ3n) is 4.03. The summed E-state index contributed by atoms with van der Waals surface area (Å²) in [6.07, 6.45) is 3.61. The van der Waals surface area contributed by atoms with Crippen LogP contribution in [0.5, 0.6) is 0 Å². The predicted octanol–water partition coefficient (Wildman–Crippen LogP) is 2.06. The Hall–Kier alpha value is -1.44. The van der Waals surface area contributed by atoms with Gasteiger partial charge in [0.15, 0.2) is 0 Å². The lowest BCUT2D eigenvalue weighted by Gasteiger charge is -2.14. The zero-order chi connectivity index (χ0) is 17.6. The van der Waals surface area contributed by atoms with Crippen LogP contribution >= 0.6 is 0 Å². The van der Waals surface area contributed by atoms with Gasteiger partial charge >= 0.3 is 0 Å². The van der Waals surface area contributed by atoms with Gasteiger partial charge in [0, 0.05) is 24.8 Å². The fourth-order valence-corrected chi connectivity index (χ4v) is 3.82. The lowest BCUT2D eigenvalue weighted by molar-refractivity contribution is 0.0938. The summed E-state index contributed by atoms with van der Waals surface area (Å²) in [4.78, 5) is 12.3. The summed E-state index contributed by atoms with van der Waals surface area (Å²) < 4.78 is 32.8. The predicted molar refractivity (Wildman–Crippen MR) is 92.4 cm³/mol. The van der Waals surface area contributed by atoms with Crippen molar-refractivity contribution in [2.24, 2.45) is 0 Å². The maximum atomic E-state index is 12.4. The van der Waals surface area contributed by atoms with Gasteiger partial charge in [0.1, 0.15) is 0 Å². The molecule has 1 heterocycles. The number of carbonyl (C=O) groups excluding carboxylic acids is 1. The maximum absolute atomic E-state index is 12.4. The molecular formula is C17H26N2O4S. The zero-order valence-corrected chi connectivity index (χ0v) is 15.1. The zero-order valence-electron chi connectivity index (χ0n) is 14.2. The fourth-order valence-electron chi connectivity index (χ4n) is 2.71. The highest BCUT2D eigenvalue weighted by atomic mass is 32.2. The molecule has 7 heteroatoms. The molecule has 1 saturated heterocycles. The molecule has 1 amide bonds. The van der Waals surface area contributed by atoms with Crippen molar-refractivity contribution in [2.45, 2.75) is 56.6 Å². The third-order valence-corrected chi connectivity index (χ3v) is 5.45. The average molecular weight is 354 g/mol. The summed E-state index contributed by atoms with van der Waals surface area (Å²) >= 11 is 0. The number of hydrogen-bond acceptors (Lipinski definition) is 4. The Labute approximate surface area is 144 Å². The van der Waals surface area contributed by atoms with Crippen LogP contribution in [0.15, 0.2) is 29.2 Å². The molecule has 1 aromatic carbocycles. The van der Waals surface area contributed by atoms with Crippen molar-refractivity contribution in [3.63, 3.8) is 0 Å². The number of carbonyl (C=O) groups is 1. The second-order valence-corrected chi connectivity index (χ2v) is 7.94. The lowest BCUT2D eigenvalue weighted by atomic mass is 10.1. The first-order valence-corrected chi connectivity index (χ1v) is 9.93. The number of rotatable bonds is 8. The summed E-state index contributed by atoms with van der Waals surface area (Å²) in [5.74, 6) is -0.257. The topological polar surface area (TPSA) is 84.5 Å². The molecule has 2 rings (SSSR count). The standard InChI is InChI=1S/C17H26N2O4S/c1-3-6-13(2)19-17(20)14-7-4-9-16(11-14)24(21,22)18-12-15-8-5-10-23-15/h4,7,9,11,13,15,18H,3,5-6,8,10,12H2,1-2H3,(H,19,20). The molecule has 134 valence electrons. The molecule has 0 bridgehead atoms. The van der Waals surface area contributed by atoms with Crippen LogP contribution in [-0.4, -0.2) is 39.6 Å². The van der Waals surface area contributed by atoms with Crippen molar-refractivity contribution in [3.05, 3.63) is 29.8 Å². The van der Waals surface area contributed by atoms with Crippen molar-refractivity contribution < 1.29 is 17.9 Å². The largest absolute Gasteiger partial charge is 0.377 e. The quantitative estimate of drug-likeness (QED) is 0.748. The van der Waals surface area contributed by atoms with Crippen LogP contribution in [0.1, 0.15) is 49.9 Å². The Morgan fingerprint density at radius 2 is 2.21 bits per heavy atom. The second-order valence-electron chi connectivity index (χ2n) is 6.18. The van der Waals surface area contributed by atoms with Gasteiger partial charge in [-0.15, -0.1) is 0 Å². The highest BCUT2D eigenvalue weighted by Crippen LogP contribution is 2.15. The van der Waals surface area contributed by atoms with Crippen LogP contribution in [0, 0.1) is 0 Å². The molecule has 2 unspecified atom stereocenters. The molecule has 0 aliphatic carbocycles. The van der Waals surface area contributed by atoms with E-state index in [2.05, 4.69) is 17.0 Å². The Bertz CT molecular complexity index is 654. The molecule has 2 atom stereocenters. The van der Waals surface area contributed by atoms with E-state index in [-0.39, 0.29) is 29.5 Å². The van der Waals surface area contributed by atoms with Crippen molar-refractivity contribution in [2.75, 3.05) is 13.2 Å². The second kappa shape index (κ2) is 8.60. The first-order chi connectivity index (χ1) is 11.4. The Morgan fingerprint density at radius 1 is 1.42 bits per heavy atom. The van der Waals surface area contributed by atoms with Crippen molar-refractivity contribution in [3.8, 4) is 0 Å². The molecule has 0 aromatic heterocycles. The first kappa shape index (κ1) is 18.9. The van der Waals surface area contributed by atoms with Crippen LogP contribution in [0.25, 0.3) is 0 Å². The Morgan fingerprint density at radius 3 is 2.88 bits per heavy atom. The lowest BCUT2D eigenvalue weighted by Crippen LogP contribution is -2.33. The number of amides is 1. The molecule has 0 saturated carbocycles. The fraction of sp³-hybridized carbons (Fsp3) is 0.588. The summed E-state index contributed by atoms with van der Waals surface area (Å²) in [6.45, 7) is 4.92. The van der Waals surface area contributed by atoms with E-state index >= 15 is 0 Å². The number of ether oxygens (including phenoxy) is 1. The van der Waals surface area contributed by atoms with Gasteiger partial charge in [0.05, 0.1) is 11.0 Å². The minimum absolute atomic E-state index is 0.0559. The highest BCUT2D eigenvalue weighted by Gasteiger charge is 2.21. The van der Waals surface area contributed by atoms with Gasteiger partial charge in [0.2, 0.25) is 10.0 Å². The van der Waals surface area contributed by atoms with E-state index in [1.54, 1.807) is 12.1 Å². The molecule has 1 aromatic rings. The van der Waals surface area contributed by atoms with Gasteiger partial charge < -0.3 is 10.1 Å². The van der Waals surface area contributed by atoms with Gasteiger partial charge in [-0.3, -0.25) is 4.79 Å². The molecule has 0 spiro atoms. The summed E-state index contributed by atoms with van der Waals surface area (Å²) in [5.41, 5.74) is 0.345. The first-order valence-electron chi connectivity index (χ1n) is 8.44. The number of hydrogen-bond donors (Lipinski definition) is 2. The average Bonchev–Trinajstić information content (AvgIpc) is 3.07. The van der Waals surface area contributed by atoms with Crippen LogP contribution < -0.4 is 10.0 Å². The smallest absolute Gasteiger partial charge is 0.251 e. The minimum atomic E-state index is -3.65. The van der Waals surface area contributed by atoms with Crippen LogP contribution in [0.3, 0.4) is 0 Å². The van der Waals surface area contributed by atoms with E-state index < -0.39 is 10.0 Å². The van der Waals surface area contributed by atoms with E-state index in [0.29, 0.717) is 12.2 Å². The number of benzene rings is 1. The molecular weight excluding hydrogens is 328 g/mol. The van der Waals surface area contributed by atoms with Gasteiger partial charge in [-0.1, -0.05) is 19.4 Å². The third kappa shape index (κ3) is 5.29. The van der Waals surface area contributed by atoms with Crippen molar-refractivity contribution in [1.29, 1.82) is 0 Å². The molecule has 1 aliphatic heterocycles. The van der Waals surface area contributed by atoms with Gasteiger partial charge in [0.25, 0.3) is 5.91 Å². The van der Waals surface area contributed by atoms with Crippen LogP contribution in [-0.2, 0) is 14.8 Å². The van der Waals surface area contributed by atoms with E-state index in [1.165, 1.54) is 12.1 Å². The van der Waals surface area contributed by atoms with Gasteiger partial charge in [-0.25, -0.2) is 13.1 Å². The number of nitrogens with one attached hydrogen (secondary N) is 2. The molecule has 2 N–H and O–H groups in total. The minimum Gasteiger partial charge on any atom is -0.377 e. The van der Waals surface area contributed by atoms with E-state index in [9.17, 15) is 13.2 Å². The molecule has 24 heavy (non-hydrogen) atoms. The summed E-state index contributed by atoms with van der Waals surface area (Å²) in [5, 5.41) is 2.88. The SMILES string of the molecule is CCCC(C)NC(=O)c1cccc(S(=O)(=O)NCC2CCCO2)c1.